The highest BCUT2D eigenvalue weighted by atomic mass is 16.5. The molecule has 0 aromatic heterocycles. The number of ether oxygens (including phenoxy) is 1. The number of carbonyl (C=O) groups is 1. The van der Waals surface area contributed by atoms with Crippen LogP contribution in [0.2, 0.25) is 0 Å². The second-order valence-electron chi connectivity index (χ2n) is 7.93. The Morgan fingerprint density at radius 1 is 1.03 bits per heavy atom. The normalized spacial score (nSPS) is 18.7. The fourth-order valence-corrected chi connectivity index (χ4v) is 4.07. The van der Waals surface area contributed by atoms with Crippen molar-refractivity contribution in [2.75, 3.05) is 39.3 Å². The number of amides is 1. The number of nitrogens with one attached hydrogen (secondary N) is 1. The zero-order valence-corrected chi connectivity index (χ0v) is 16.7. The third kappa shape index (κ3) is 5.56. The van der Waals surface area contributed by atoms with Gasteiger partial charge < -0.3 is 15.2 Å². The molecule has 2 aliphatic heterocycles. The summed E-state index contributed by atoms with van der Waals surface area (Å²) in [5.41, 5.74) is 3.88. The maximum Gasteiger partial charge on any atom is 0.234 e. The zero-order valence-electron chi connectivity index (χ0n) is 16.7. The topological polar surface area (TPSA) is 65.0 Å². The Bertz CT molecular complexity index is 842. The van der Waals surface area contributed by atoms with E-state index in [2.05, 4.69) is 39.4 Å². The molecule has 0 radical (unpaired) electrons. The SMILES string of the molecule is O=C1CN(Cc2cccc(OCC(O)CN3CCc4ccccc4C3)c2)CCN1. The Hall–Kier alpha value is -2.41. The van der Waals surface area contributed by atoms with E-state index in [4.69, 9.17) is 4.74 Å². The largest absolute Gasteiger partial charge is 0.491 e. The van der Waals surface area contributed by atoms with Crippen molar-refractivity contribution >= 4 is 5.91 Å². The number of aliphatic hydroxyl groups excluding tert-OH is 1. The van der Waals surface area contributed by atoms with Crippen LogP contribution in [0.3, 0.4) is 0 Å². The number of fused-ring (bicyclic) bond motifs is 1. The Balaban J connectivity index is 1.25. The molecular weight excluding hydrogens is 366 g/mol. The van der Waals surface area contributed by atoms with Gasteiger partial charge in [0.25, 0.3) is 0 Å². The van der Waals surface area contributed by atoms with Gasteiger partial charge >= 0.3 is 0 Å². The minimum atomic E-state index is -0.533. The summed E-state index contributed by atoms with van der Waals surface area (Å²) in [6.45, 7) is 5.43. The van der Waals surface area contributed by atoms with Crippen molar-refractivity contribution in [3.8, 4) is 5.75 Å². The van der Waals surface area contributed by atoms with Crippen molar-refractivity contribution in [1.29, 1.82) is 0 Å². The molecule has 1 amide bonds. The molecule has 0 saturated carbocycles. The summed E-state index contributed by atoms with van der Waals surface area (Å²) in [4.78, 5) is 15.9. The third-order valence-corrected chi connectivity index (χ3v) is 5.54. The molecule has 6 heteroatoms. The zero-order chi connectivity index (χ0) is 20.1. The summed E-state index contributed by atoms with van der Waals surface area (Å²) in [6, 6.07) is 16.4. The van der Waals surface area contributed by atoms with Crippen molar-refractivity contribution in [2.24, 2.45) is 0 Å². The third-order valence-electron chi connectivity index (χ3n) is 5.54. The average molecular weight is 396 g/mol. The lowest BCUT2D eigenvalue weighted by Crippen LogP contribution is -2.47. The molecule has 2 heterocycles. The Labute approximate surface area is 172 Å². The number of hydrogen-bond acceptors (Lipinski definition) is 5. The van der Waals surface area contributed by atoms with Crippen LogP contribution in [-0.4, -0.2) is 66.2 Å². The van der Waals surface area contributed by atoms with Crippen LogP contribution in [0.1, 0.15) is 16.7 Å². The quantitative estimate of drug-likeness (QED) is 0.742. The van der Waals surface area contributed by atoms with Crippen molar-refractivity contribution in [1.82, 2.24) is 15.1 Å². The minimum absolute atomic E-state index is 0.0760. The van der Waals surface area contributed by atoms with E-state index < -0.39 is 6.10 Å². The lowest BCUT2D eigenvalue weighted by Gasteiger charge is -2.30. The van der Waals surface area contributed by atoms with Gasteiger partial charge in [0.1, 0.15) is 18.5 Å². The van der Waals surface area contributed by atoms with Crippen molar-refractivity contribution in [3.63, 3.8) is 0 Å². The first kappa shape index (κ1) is 19.9. The molecule has 2 N–H and O–H groups in total. The van der Waals surface area contributed by atoms with Crippen LogP contribution < -0.4 is 10.1 Å². The van der Waals surface area contributed by atoms with Gasteiger partial charge in [-0.3, -0.25) is 14.6 Å². The molecule has 1 fully saturated rings. The molecule has 4 rings (SSSR count). The van der Waals surface area contributed by atoms with Crippen LogP contribution >= 0.6 is 0 Å². The maximum absolute atomic E-state index is 11.5. The summed E-state index contributed by atoms with van der Waals surface area (Å²) in [6.07, 6.45) is 0.495. The molecule has 0 spiro atoms. The molecule has 29 heavy (non-hydrogen) atoms. The number of benzene rings is 2. The smallest absolute Gasteiger partial charge is 0.234 e. The minimum Gasteiger partial charge on any atom is -0.491 e. The van der Waals surface area contributed by atoms with Crippen LogP contribution in [0.5, 0.6) is 5.75 Å². The number of rotatable bonds is 7. The van der Waals surface area contributed by atoms with Crippen LogP contribution in [0.15, 0.2) is 48.5 Å². The highest BCUT2D eigenvalue weighted by molar-refractivity contribution is 5.78. The summed E-state index contributed by atoms with van der Waals surface area (Å²) < 4.78 is 5.86. The predicted molar refractivity (Wildman–Crippen MR) is 112 cm³/mol. The number of aliphatic hydroxyl groups is 1. The van der Waals surface area contributed by atoms with Crippen molar-refractivity contribution < 1.29 is 14.6 Å². The Kier molecular flexibility index (Phi) is 6.44. The van der Waals surface area contributed by atoms with Gasteiger partial charge in [-0.25, -0.2) is 0 Å². The number of nitrogens with zero attached hydrogens (tertiary/aromatic N) is 2. The fraction of sp³-hybridized carbons (Fsp3) is 0.435. The first-order valence-electron chi connectivity index (χ1n) is 10.3. The van der Waals surface area contributed by atoms with Crippen molar-refractivity contribution in [3.05, 3.63) is 65.2 Å². The van der Waals surface area contributed by atoms with Gasteiger partial charge in [-0.15, -0.1) is 0 Å². The van der Waals surface area contributed by atoms with E-state index in [1.165, 1.54) is 11.1 Å². The molecule has 2 aromatic carbocycles. The van der Waals surface area contributed by atoms with E-state index in [0.29, 0.717) is 19.6 Å². The molecule has 2 aliphatic rings. The number of piperazine rings is 1. The van der Waals surface area contributed by atoms with E-state index in [0.717, 1.165) is 43.9 Å². The van der Waals surface area contributed by atoms with Crippen LogP contribution in [-0.2, 0) is 24.3 Å². The van der Waals surface area contributed by atoms with Gasteiger partial charge in [-0.2, -0.15) is 0 Å². The number of hydrogen-bond donors (Lipinski definition) is 2. The molecule has 1 atom stereocenters. The second kappa shape index (κ2) is 9.39. The molecule has 2 aromatic rings. The van der Waals surface area contributed by atoms with E-state index in [-0.39, 0.29) is 12.5 Å². The van der Waals surface area contributed by atoms with Gasteiger partial charge in [0.2, 0.25) is 5.91 Å². The summed E-state index contributed by atoms with van der Waals surface area (Å²) in [5.74, 6) is 0.833. The van der Waals surface area contributed by atoms with Gasteiger partial charge in [-0.05, 0) is 35.2 Å². The molecular formula is C23H29N3O3. The fourth-order valence-electron chi connectivity index (χ4n) is 4.07. The van der Waals surface area contributed by atoms with Crippen LogP contribution in [0, 0.1) is 0 Å². The highest BCUT2D eigenvalue weighted by Gasteiger charge is 2.19. The molecule has 1 unspecified atom stereocenters. The first-order valence-corrected chi connectivity index (χ1v) is 10.3. The molecule has 6 nitrogen and oxygen atoms in total. The van der Waals surface area contributed by atoms with E-state index in [9.17, 15) is 9.90 Å². The van der Waals surface area contributed by atoms with Gasteiger partial charge in [-0.1, -0.05) is 36.4 Å². The van der Waals surface area contributed by atoms with Gasteiger partial charge in [0.15, 0.2) is 0 Å². The lowest BCUT2D eigenvalue weighted by molar-refractivity contribution is -0.124. The van der Waals surface area contributed by atoms with Crippen LogP contribution in [0.4, 0.5) is 0 Å². The average Bonchev–Trinajstić information content (AvgIpc) is 2.72. The predicted octanol–water partition coefficient (Wildman–Crippen LogP) is 1.42. The van der Waals surface area contributed by atoms with Crippen LogP contribution in [0.25, 0.3) is 0 Å². The molecule has 0 aliphatic carbocycles. The first-order chi connectivity index (χ1) is 14.2. The monoisotopic (exact) mass is 395 g/mol. The molecule has 0 bridgehead atoms. The lowest BCUT2D eigenvalue weighted by atomic mass is 10.00. The Morgan fingerprint density at radius 3 is 2.76 bits per heavy atom. The molecule has 154 valence electrons. The second-order valence-corrected chi connectivity index (χ2v) is 7.93. The molecule has 1 saturated heterocycles. The van der Waals surface area contributed by atoms with E-state index in [1.54, 1.807) is 0 Å². The van der Waals surface area contributed by atoms with Gasteiger partial charge in [0, 0.05) is 39.3 Å². The standard InChI is InChI=1S/C23H29N3O3/c27-21(15-25-10-8-19-5-1-2-6-20(19)14-25)17-29-22-7-3-4-18(12-22)13-26-11-9-24-23(28)16-26/h1-7,12,21,27H,8-11,13-17H2,(H,24,28). The van der Waals surface area contributed by atoms with E-state index >= 15 is 0 Å². The summed E-state index contributed by atoms with van der Waals surface area (Å²) in [7, 11) is 0. The van der Waals surface area contributed by atoms with Gasteiger partial charge in [0.05, 0.1) is 6.54 Å². The van der Waals surface area contributed by atoms with E-state index in [1.807, 2.05) is 24.3 Å². The number of β-amino-alcohol motifs (C(OH)–C–C–N with tert-alkyl or cyclic N) is 1. The van der Waals surface area contributed by atoms with Crippen molar-refractivity contribution in [2.45, 2.75) is 25.6 Å². The maximum atomic E-state index is 11.5. The Morgan fingerprint density at radius 2 is 1.90 bits per heavy atom. The number of carbonyl (C=O) groups excluding carboxylic acids is 1. The summed E-state index contributed by atoms with van der Waals surface area (Å²) >= 11 is 0. The summed E-state index contributed by atoms with van der Waals surface area (Å²) in [5, 5.41) is 13.3. The highest BCUT2D eigenvalue weighted by Crippen LogP contribution is 2.19.